The van der Waals surface area contributed by atoms with Crippen molar-refractivity contribution in [2.24, 2.45) is 5.10 Å². The van der Waals surface area contributed by atoms with Gasteiger partial charge in [-0.15, -0.1) is 11.3 Å². The fourth-order valence-electron chi connectivity index (χ4n) is 1.71. The van der Waals surface area contributed by atoms with Crippen molar-refractivity contribution < 1.29 is 14.3 Å². The second kappa shape index (κ2) is 7.44. The van der Waals surface area contributed by atoms with E-state index in [0.717, 1.165) is 10.4 Å². The highest BCUT2D eigenvalue weighted by Gasteiger charge is 2.04. The maximum atomic E-state index is 11.7. The van der Waals surface area contributed by atoms with Gasteiger partial charge >= 0.3 is 0 Å². The molecule has 0 aliphatic heterocycles. The summed E-state index contributed by atoms with van der Waals surface area (Å²) in [6.07, 6.45) is 1.87. The van der Waals surface area contributed by atoms with Gasteiger partial charge in [0, 0.05) is 16.5 Å². The molecule has 0 aliphatic carbocycles. The highest BCUT2D eigenvalue weighted by atomic mass is 32.1. The van der Waals surface area contributed by atoms with Crippen LogP contribution in [0, 0.1) is 0 Å². The lowest BCUT2D eigenvalue weighted by atomic mass is 10.2. The molecule has 2 rings (SSSR count). The van der Waals surface area contributed by atoms with Crippen molar-refractivity contribution in [1.82, 2.24) is 5.43 Å². The fourth-order valence-corrected chi connectivity index (χ4v) is 2.41. The Labute approximate surface area is 127 Å². The standard InChI is InChI=1S/C15H16N2O3S/c1-19-12-6-5-11(14(8-12)20-2)10-16-17-15(18)9-13-4-3-7-21-13/h3-8,10H,9H2,1-2H3,(H,17,18). The van der Waals surface area contributed by atoms with E-state index in [2.05, 4.69) is 10.5 Å². The minimum atomic E-state index is -0.152. The van der Waals surface area contributed by atoms with E-state index in [-0.39, 0.29) is 5.91 Å². The third-order valence-corrected chi connectivity index (χ3v) is 3.62. The Morgan fingerprint density at radius 3 is 2.86 bits per heavy atom. The third kappa shape index (κ3) is 4.32. The summed E-state index contributed by atoms with van der Waals surface area (Å²) in [5.41, 5.74) is 3.26. The molecule has 6 heteroatoms. The molecule has 5 nitrogen and oxygen atoms in total. The van der Waals surface area contributed by atoms with E-state index < -0.39 is 0 Å². The minimum Gasteiger partial charge on any atom is -0.497 e. The summed E-state index contributed by atoms with van der Waals surface area (Å²) >= 11 is 1.54. The van der Waals surface area contributed by atoms with Gasteiger partial charge in [-0.2, -0.15) is 5.10 Å². The number of thiophene rings is 1. The smallest absolute Gasteiger partial charge is 0.245 e. The first-order valence-electron chi connectivity index (χ1n) is 6.29. The molecule has 0 unspecified atom stereocenters. The predicted molar refractivity (Wildman–Crippen MR) is 83.3 cm³/mol. The predicted octanol–water partition coefficient (Wildman–Crippen LogP) is 2.46. The highest BCUT2D eigenvalue weighted by molar-refractivity contribution is 7.10. The second-order valence-corrected chi connectivity index (χ2v) is 5.19. The number of nitrogens with zero attached hydrogens (tertiary/aromatic N) is 1. The zero-order valence-corrected chi connectivity index (χ0v) is 12.6. The number of rotatable bonds is 6. The topological polar surface area (TPSA) is 59.9 Å². The van der Waals surface area contributed by atoms with Crippen LogP contribution in [-0.4, -0.2) is 26.3 Å². The Balaban J connectivity index is 1.96. The maximum Gasteiger partial charge on any atom is 0.245 e. The molecule has 0 saturated carbocycles. The molecule has 0 radical (unpaired) electrons. The third-order valence-electron chi connectivity index (χ3n) is 2.75. The van der Waals surface area contributed by atoms with E-state index in [1.165, 1.54) is 0 Å². The number of carbonyl (C=O) groups excluding carboxylic acids is 1. The summed E-state index contributed by atoms with van der Waals surface area (Å²) in [6, 6.07) is 9.21. The molecule has 1 N–H and O–H groups in total. The van der Waals surface area contributed by atoms with Crippen LogP contribution in [-0.2, 0) is 11.2 Å². The number of amides is 1. The molecule has 110 valence electrons. The Hall–Kier alpha value is -2.34. The summed E-state index contributed by atoms with van der Waals surface area (Å²) in [5, 5.41) is 5.88. The van der Waals surface area contributed by atoms with Crippen LogP contribution in [0.3, 0.4) is 0 Å². The van der Waals surface area contributed by atoms with E-state index in [4.69, 9.17) is 9.47 Å². The molecule has 0 spiro atoms. The molecule has 1 aromatic carbocycles. The summed E-state index contributed by atoms with van der Waals surface area (Å²) < 4.78 is 10.4. The minimum absolute atomic E-state index is 0.152. The number of hydrazone groups is 1. The molecule has 1 heterocycles. The molecular formula is C15H16N2O3S. The Bertz CT molecular complexity index is 624. The van der Waals surface area contributed by atoms with Crippen molar-refractivity contribution >= 4 is 23.5 Å². The Morgan fingerprint density at radius 1 is 1.33 bits per heavy atom. The number of carbonyl (C=O) groups is 1. The summed E-state index contributed by atoms with van der Waals surface area (Å²) in [7, 11) is 3.16. The van der Waals surface area contributed by atoms with Crippen molar-refractivity contribution in [3.8, 4) is 11.5 Å². The SMILES string of the molecule is COc1ccc(C=NNC(=O)Cc2cccs2)c(OC)c1. The van der Waals surface area contributed by atoms with Crippen molar-refractivity contribution in [2.75, 3.05) is 14.2 Å². The van der Waals surface area contributed by atoms with Crippen LogP contribution in [0.25, 0.3) is 0 Å². The first kappa shape index (κ1) is 15.1. The van der Waals surface area contributed by atoms with Gasteiger partial charge in [0.2, 0.25) is 5.91 Å². The normalized spacial score (nSPS) is 10.6. The monoisotopic (exact) mass is 304 g/mol. The molecule has 0 aliphatic rings. The molecular weight excluding hydrogens is 288 g/mol. The van der Waals surface area contributed by atoms with Gasteiger partial charge in [-0.1, -0.05) is 6.07 Å². The van der Waals surface area contributed by atoms with Gasteiger partial charge in [-0.25, -0.2) is 5.43 Å². The van der Waals surface area contributed by atoms with E-state index >= 15 is 0 Å². The van der Waals surface area contributed by atoms with E-state index in [1.807, 2.05) is 23.6 Å². The quantitative estimate of drug-likeness (QED) is 0.659. The number of methoxy groups -OCH3 is 2. The average Bonchev–Trinajstić information content (AvgIpc) is 3.00. The fraction of sp³-hybridized carbons (Fsp3) is 0.200. The summed E-state index contributed by atoms with van der Waals surface area (Å²) in [6.45, 7) is 0. The summed E-state index contributed by atoms with van der Waals surface area (Å²) in [5.74, 6) is 1.18. The first-order chi connectivity index (χ1) is 10.2. The van der Waals surface area contributed by atoms with Crippen molar-refractivity contribution in [3.05, 3.63) is 46.2 Å². The molecule has 0 saturated heterocycles. The number of hydrogen-bond donors (Lipinski definition) is 1. The van der Waals surface area contributed by atoms with E-state index in [9.17, 15) is 4.79 Å². The van der Waals surface area contributed by atoms with Crippen LogP contribution in [0.1, 0.15) is 10.4 Å². The molecule has 2 aromatic rings. The number of ether oxygens (including phenoxy) is 2. The molecule has 1 aromatic heterocycles. The lowest BCUT2D eigenvalue weighted by Gasteiger charge is -2.06. The Kier molecular flexibility index (Phi) is 5.34. The van der Waals surface area contributed by atoms with Crippen LogP contribution >= 0.6 is 11.3 Å². The van der Waals surface area contributed by atoms with Crippen molar-refractivity contribution in [2.45, 2.75) is 6.42 Å². The molecule has 0 bridgehead atoms. The molecule has 0 atom stereocenters. The zero-order valence-electron chi connectivity index (χ0n) is 11.8. The van der Waals surface area contributed by atoms with E-state index in [1.54, 1.807) is 43.9 Å². The van der Waals surface area contributed by atoms with Gasteiger partial charge in [-0.05, 0) is 23.6 Å². The van der Waals surface area contributed by atoms with Crippen molar-refractivity contribution in [3.63, 3.8) is 0 Å². The molecule has 21 heavy (non-hydrogen) atoms. The van der Waals surface area contributed by atoms with Gasteiger partial charge < -0.3 is 9.47 Å². The van der Waals surface area contributed by atoms with Gasteiger partial charge in [0.25, 0.3) is 0 Å². The first-order valence-corrected chi connectivity index (χ1v) is 7.17. The zero-order chi connectivity index (χ0) is 15.1. The number of nitrogens with one attached hydrogen (secondary N) is 1. The summed E-state index contributed by atoms with van der Waals surface area (Å²) in [4.78, 5) is 12.7. The average molecular weight is 304 g/mol. The number of hydrogen-bond acceptors (Lipinski definition) is 5. The van der Waals surface area contributed by atoms with Gasteiger partial charge in [0.15, 0.2) is 0 Å². The lowest BCUT2D eigenvalue weighted by molar-refractivity contribution is -0.120. The lowest BCUT2D eigenvalue weighted by Crippen LogP contribution is -2.19. The van der Waals surface area contributed by atoms with Gasteiger partial charge in [0.05, 0.1) is 26.9 Å². The van der Waals surface area contributed by atoms with Crippen LogP contribution in [0.4, 0.5) is 0 Å². The van der Waals surface area contributed by atoms with E-state index in [0.29, 0.717) is 17.9 Å². The van der Waals surface area contributed by atoms with Crippen LogP contribution in [0.5, 0.6) is 11.5 Å². The number of benzene rings is 1. The van der Waals surface area contributed by atoms with Crippen LogP contribution in [0.2, 0.25) is 0 Å². The molecule has 0 fully saturated rings. The maximum absolute atomic E-state index is 11.7. The van der Waals surface area contributed by atoms with Crippen LogP contribution in [0.15, 0.2) is 40.8 Å². The van der Waals surface area contributed by atoms with Gasteiger partial charge in [-0.3, -0.25) is 4.79 Å². The largest absolute Gasteiger partial charge is 0.497 e. The van der Waals surface area contributed by atoms with Gasteiger partial charge in [0.1, 0.15) is 11.5 Å². The van der Waals surface area contributed by atoms with Crippen molar-refractivity contribution in [1.29, 1.82) is 0 Å². The van der Waals surface area contributed by atoms with Crippen LogP contribution < -0.4 is 14.9 Å². The highest BCUT2D eigenvalue weighted by Crippen LogP contribution is 2.22. The Morgan fingerprint density at radius 2 is 2.19 bits per heavy atom. The molecule has 1 amide bonds. The second-order valence-electron chi connectivity index (χ2n) is 4.16.